The molecule has 0 amide bonds. The van der Waals surface area contributed by atoms with Crippen LogP contribution in [0.3, 0.4) is 0 Å². The van der Waals surface area contributed by atoms with Crippen molar-refractivity contribution < 1.29 is 27.9 Å². The molecule has 0 saturated heterocycles. The number of rotatable bonds is 12. The van der Waals surface area contributed by atoms with Gasteiger partial charge in [0.2, 0.25) is 0 Å². The molecule has 0 radical (unpaired) electrons. The van der Waals surface area contributed by atoms with Crippen LogP contribution < -0.4 is 4.74 Å². The van der Waals surface area contributed by atoms with Gasteiger partial charge in [-0.2, -0.15) is 0 Å². The lowest BCUT2D eigenvalue weighted by Crippen LogP contribution is -2.56. The average molecular weight is 603 g/mol. The van der Waals surface area contributed by atoms with Gasteiger partial charge >= 0.3 is 5.97 Å². The number of esters is 1. The summed E-state index contributed by atoms with van der Waals surface area (Å²) in [7, 11) is -2.46. The van der Waals surface area contributed by atoms with E-state index in [0.29, 0.717) is 26.2 Å². The molecule has 0 spiro atoms. The van der Waals surface area contributed by atoms with Crippen LogP contribution in [-0.4, -0.2) is 54.6 Å². The molecule has 2 aliphatic rings. The van der Waals surface area contributed by atoms with Crippen LogP contribution in [0.2, 0.25) is 36.3 Å². The summed E-state index contributed by atoms with van der Waals surface area (Å²) in [5, 5.41) is 0.137. The number of carbonyl (C=O) groups is 1. The van der Waals surface area contributed by atoms with E-state index in [2.05, 4.69) is 86.0 Å². The summed E-state index contributed by atoms with van der Waals surface area (Å²) < 4.78 is 31.5. The second-order valence-electron chi connectivity index (χ2n) is 14.7. The Morgan fingerprint density at radius 1 is 0.951 bits per heavy atom. The minimum atomic E-state index is -2.21. The standard InChI is InChI=1S/C33H54O6Si2/c1-24(34)38-33-19-17-26(23-36-22-25-13-15-28(35-8)16-14-25)29(30(33)39-41(11,12)32(5,6)7)21-27(33)18-20-37-40(9,10)31(2,3)4/h13-17,19,21,26,29-30H,18,20,22-23H2,1-12H3/t26-,29+,30?,33-/m0/s1. The molecule has 4 atom stereocenters. The quantitative estimate of drug-likeness (QED) is 0.137. The molecule has 1 unspecified atom stereocenters. The monoisotopic (exact) mass is 602 g/mol. The highest BCUT2D eigenvalue weighted by Crippen LogP contribution is 2.52. The van der Waals surface area contributed by atoms with Crippen LogP contribution >= 0.6 is 0 Å². The number of methoxy groups -OCH3 is 1. The van der Waals surface area contributed by atoms with E-state index in [4.69, 9.17) is 23.1 Å². The van der Waals surface area contributed by atoms with Gasteiger partial charge in [-0.05, 0) is 72.0 Å². The van der Waals surface area contributed by atoms with E-state index < -0.39 is 22.2 Å². The van der Waals surface area contributed by atoms with Crippen LogP contribution in [0.15, 0.2) is 48.1 Å². The fourth-order valence-corrected chi connectivity index (χ4v) is 7.40. The normalized spacial score (nSPS) is 24.8. The van der Waals surface area contributed by atoms with Crippen LogP contribution in [0.5, 0.6) is 5.75 Å². The lowest BCUT2D eigenvalue weighted by Gasteiger charge is -2.47. The van der Waals surface area contributed by atoms with Gasteiger partial charge in [-0.15, -0.1) is 0 Å². The van der Waals surface area contributed by atoms with E-state index in [1.165, 1.54) is 6.92 Å². The van der Waals surface area contributed by atoms with Crippen molar-refractivity contribution in [3.63, 3.8) is 0 Å². The zero-order chi connectivity index (χ0) is 30.9. The minimum Gasteiger partial charge on any atom is -0.497 e. The predicted molar refractivity (Wildman–Crippen MR) is 171 cm³/mol. The minimum absolute atomic E-state index is 0.0109. The number of benzene rings is 1. The summed E-state index contributed by atoms with van der Waals surface area (Å²) in [6.07, 6.45) is 6.95. The lowest BCUT2D eigenvalue weighted by molar-refractivity contribution is -0.159. The summed E-state index contributed by atoms with van der Waals surface area (Å²) in [6.45, 7) is 25.7. The molecule has 0 aliphatic heterocycles. The van der Waals surface area contributed by atoms with E-state index in [1.54, 1.807) is 7.11 Å². The third-order valence-corrected chi connectivity index (χ3v) is 18.7. The summed E-state index contributed by atoms with van der Waals surface area (Å²) in [4.78, 5) is 12.6. The van der Waals surface area contributed by atoms with Gasteiger partial charge in [0, 0.05) is 25.4 Å². The Labute approximate surface area is 251 Å². The number of ether oxygens (including phenoxy) is 3. The molecule has 6 nitrogen and oxygen atoms in total. The molecular weight excluding hydrogens is 549 g/mol. The molecule has 2 bridgehead atoms. The third kappa shape index (κ3) is 7.63. The highest BCUT2D eigenvalue weighted by atomic mass is 28.4. The first kappa shape index (κ1) is 33.8. The Bertz CT molecular complexity index is 1110. The molecule has 0 saturated carbocycles. The van der Waals surface area contributed by atoms with E-state index in [9.17, 15) is 4.79 Å². The summed E-state index contributed by atoms with van der Waals surface area (Å²) in [5.74, 6) is 0.667. The van der Waals surface area contributed by atoms with Gasteiger partial charge in [-0.1, -0.05) is 65.8 Å². The topological polar surface area (TPSA) is 63.2 Å². The molecule has 230 valence electrons. The average Bonchev–Trinajstić information content (AvgIpc) is 3.02. The first-order chi connectivity index (χ1) is 18.8. The maximum Gasteiger partial charge on any atom is 0.303 e. The van der Waals surface area contributed by atoms with E-state index in [-0.39, 0.29) is 34.0 Å². The maximum absolute atomic E-state index is 12.6. The van der Waals surface area contributed by atoms with Crippen molar-refractivity contribution in [3.05, 3.63) is 53.6 Å². The van der Waals surface area contributed by atoms with Crippen molar-refractivity contribution >= 4 is 22.6 Å². The Morgan fingerprint density at radius 2 is 1.56 bits per heavy atom. The Hall–Kier alpha value is -1.72. The van der Waals surface area contributed by atoms with E-state index >= 15 is 0 Å². The van der Waals surface area contributed by atoms with Crippen LogP contribution in [0.4, 0.5) is 0 Å². The van der Waals surface area contributed by atoms with Crippen molar-refractivity contribution in [2.45, 2.75) is 109 Å². The number of hydrogen-bond donors (Lipinski definition) is 0. The van der Waals surface area contributed by atoms with Crippen LogP contribution in [0, 0.1) is 11.8 Å². The van der Waals surface area contributed by atoms with Crippen molar-refractivity contribution in [2.24, 2.45) is 11.8 Å². The maximum atomic E-state index is 12.6. The van der Waals surface area contributed by atoms with E-state index in [1.807, 2.05) is 24.3 Å². The molecule has 3 rings (SSSR count). The predicted octanol–water partition coefficient (Wildman–Crippen LogP) is 8.06. The van der Waals surface area contributed by atoms with Gasteiger partial charge < -0.3 is 23.1 Å². The Kier molecular flexibility index (Phi) is 10.3. The molecule has 0 N–H and O–H groups in total. The number of hydrogen-bond acceptors (Lipinski definition) is 6. The largest absolute Gasteiger partial charge is 0.497 e. The molecule has 8 heteroatoms. The highest BCUT2D eigenvalue weighted by Gasteiger charge is 2.58. The smallest absolute Gasteiger partial charge is 0.303 e. The molecule has 1 aromatic carbocycles. The zero-order valence-electron chi connectivity index (χ0n) is 27.6. The van der Waals surface area contributed by atoms with Crippen molar-refractivity contribution in [2.75, 3.05) is 20.3 Å². The van der Waals surface area contributed by atoms with Gasteiger partial charge in [-0.3, -0.25) is 4.79 Å². The van der Waals surface area contributed by atoms with Gasteiger partial charge in [0.05, 0.1) is 26.4 Å². The van der Waals surface area contributed by atoms with Crippen LogP contribution in [0.1, 0.15) is 60.5 Å². The summed E-state index contributed by atoms with van der Waals surface area (Å²) in [5.41, 5.74) is 1.25. The molecule has 1 aromatic rings. The Balaban J connectivity index is 1.89. The van der Waals surface area contributed by atoms with Crippen LogP contribution in [-0.2, 0) is 29.7 Å². The number of carbonyl (C=O) groups excluding carboxylic acids is 1. The van der Waals surface area contributed by atoms with Crippen LogP contribution in [0.25, 0.3) is 0 Å². The van der Waals surface area contributed by atoms with Crippen molar-refractivity contribution in [3.8, 4) is 5.75 Å². The van der Waals surface area contributed by atoms with Gasteiger partial charge in [0.25, 0.3) is 0 Å². The van der Waals surface area contributed by atoms with Crippen molar-refractivity contribution in [1.82, 2.24) is 0 Å². The first-order valence-electron chi connectivity index (χ1n) is 15.0. The molecular formula is C33H54O6Si2. The summed E-state index contributed by atoms with van der Waals surface area (Å²) >= 11 is 0. The molecule has 41 heavy (non-hydrogen) atoms. The molecule has 0 fully saturated rings. The fraction of sp³-hybridized carbons (Fsp3) is 0.667. The second-order valence-corrected chi connectivity index (χ2v) is 24.3. The Morgan fingerprint density at radius 3 is 2.10 bits per heavy atom. The SMILES string of the molecule is COc1ccc(COC[C@@H]2C=C[C@]3(OC(C)=O)C(CCO[Si](C)(C)C(C)(C)C)=C[C@H]2C3O[Si](C)(C)C(C)(C)C)cc1. The highest BCUT2D eigenvalue weighted by molar-refractivity contribution is 6.74. The number of fused-ring (bicyclic) bond motifs is 2. The molecule has 0 aromatic heterocycles. The van der Waals surface area contributed by atoms with E-state index in [0.717, 1.165) is 16.9 Å². The zero-order valence-corrected chi connectivity index (χ0v) is 29.6. The lowest BCUT2D eigenvalue weighted by atomic mass is 9.78. The third-order valence-electron chi connectivity index (χ3n) is 9.67. The van der Waals surface area contributed by atoms with Gasteiger partial charge in [0.15, 0.2) is 22.2 Å². The van der Waals surface area contributed by atoms with Gasteiger partial charge in [0.1, 0.15) is 5.75 Å². The fourth-order valence-electron chi connectivity index (χ4n) is 5.03. The van der Waals surface area contributed by atoms with Crippen molar-refractivity contribution in [1.29, 1.82) is 0 Å². The van der Waals surface area contributed by atoms with Gasteiger partial charge in [-0.25, -0.2) is 0 Å². The molecule has 2 aliphatic carbocycles. The first-order valence-corrected chi connectivity index (χ1v) is 20.8. The second kappa shape index (κ2) is 12.5. The molecule has 0 heterocycles. The summed E-state index contributed by atoms with van der Waals surface area (Å²) in [6, 6.07) is 7.96.